The fraction of sp³-hybridized carbons (Fsp3) is 0.438. The number of amides is 1. The molecule has 1 aliphatic rings. The van der Waals surface area contributed by atoms with E-state index < -0.39 is 11.6 Å². The fourth-order valence-electron chi connectivity index (χ4n) is 2.87. The number of carbonyl (C=O) groups is 1. The molecule has 1 saturated carbocycles. The minimum atomic E-state index is -0.659. The monoisotopic (exact) mass is 368 g/mol. The highest BCUT2D eigenvalue weighted by molar-refractivity contribution is 7.15. The number of halogens is 2. The number of hydrogen-bond acceptors (Lipinski definition) is 6. The molecular weight excluding hydrogens is 350 g/mol. The van der Waals surface area contributed by atoms with Crippen molar-refractivity contribution in [3.05, 3.63) is 34.8 Å². The molecule has 25 heavy (non-hydrogen) atoms. The fourth-order valence-corrected chi connectivity index (χ4v) is 3.48. The van der Waals surface area contributed by atoms with Gasteiger partial charge in [-0.3, -0.25) is 4.79 Å². The zero-order valence-corrected chi connectivity index (χ0v) is 14.2. The largest absolute Gasteiger partial charge is 0.490 e. The van der Waals surface area contributed by atoms with Crippen LogP contribution in [0, 0.1) is 11.6 Å². The maximum absolute atomic E-state index is 13.2. The number of ether oxygens (including phenoxy) is 1. The van der Waals surface area contributed by atoms with Crippen molar-refractivity contribution in [2.45, 2.75) is 44.2 Å². The molecule has 0 bridgehead atoms. The number of nitrogen functional groups attached to an aromatic ring is 1. The van der Waals surface area contributed by atoms with E-state index in [4.69, 9.17) is 10.5 Å². The van der Waals surface area contributed by atoms with Gasteiger partial charge in [0.2, 0.25) is 11.0 Å². The smallest absolute Gasteiger partial charge is 0.227 e. The number of nitrogens with two attached hydrogens (primary N) is 1. The lowest BCUT2D eigenvalue weighted by Crippen LogP contribution is -2.40. The number of nitrogens with one attached hydrogen (secondary N) is 1. The Kier molecular flexibility index (Phi) is 5.42. The molecule has 1 aliphatic carbocycles. The molecule has 3 rings (SSSR count). The molecule has 3 N–H and O–H groups in total. The van der Waals surface area contributed by atoms with Gasteiger partial charge < -0.3 is 15.8 Å². The van der Waals surface area contributed by atoms with E-state index in [1.165, 1.54) is 23.5 Å². The Morgan fingerprint density at radius 1 is 1.20 bits per heavy atom. The van der Waals surface area contributed by atoms with Crippen molar-refractivity contribution in [3.63, 3.8) is 0 Å². The highest BCUT2D eigenvalue weighted by Crippen LogP contribution is 2.25. The van der Waals surface area contributed by atoms with Crippen LogP contribution >= 0.6 is 11.3 Å². The van der Waals surface area contributed by atoms with Crippen LogP contribution in [-0.2, 0) is 11.2 Å². The highest BCUT2D eigenvalue weighted by Gasteiger charge is 2.24. The molecule has 0 aliphatic heterocycles. The second-order valence-electron chi connectivity index (χ2n) is 5.97. The number of anilines is 1. The summed E-state index contributed by atoms with van der Waals surface area (Å²) in [6.07, 6.45) is 2.94. The molecule has 0 atom stereocenters. The van der Waals surface area contributed by atoms with Gasteiger partial charge in [-0.25, -0.2) is 8.78 Å². The summed E-state index contributed by atoms with van der Waals surface area (Å²) in [5.74, 6) is -1.24. The summed E-state index contributed by atoms with van der Waals surface area (Å²) in [5.41, 5.74) is 5.49. The quantitative estimate of drug-likeness (QED) is 0.846. The number of rotatable bonds is 5. The normalized spacial score (nSPS) is 20.2. The molecule has 0 radical (unpaired) electrons. The molecule has 0 unspecified atom stereocenters. The van der Waals surface area contributed by atoms with Crippen LogP contribution in [0.25, 0.3) is 0 Å². The lowest BCUT2D eigenvalue weighted by atomic mass is 9.93. The summed E-state index contributed by atoms with van der Waals surface area (Å²) in [5, 5.41) is 11.4. The second kappa shape index (κ2) is 7.73. The molecule has 0 spiro atoms. The van der Waals surface area contributed by atoms with Gasteiger partial charge in [0, 0.05) is 24.2 Å². The van der Waals surface area contributed by atoms with Crippen molar-refractivity contribution in [3.8, 4) is 5.75 Å². The molecule has 1 amide bonds. The van der Waals surface area contributed by atoms with E-state index in [9.17, 15) is 13.6 Å². The molecule has 1 aromatic heterocycles. The maximum Gasteiger partial charge on any atom is 0.227 e. The third kappa shape index (κ3) is 5.09. The Hall–Kier alpha value is -2.29. The van der Waals surface area contributed by atoms with Gasteiger partial charge in [0.1, 0.15) is 22.4 Å². The Morgan fingerprint density at radius 3 is 2.48 bits per heavy atom. The molecule has 1 aromatic carbocycles. The van der Waals surface area contributed by atoms with Crippen LogP contribution in [-0.4, -0.2) is 28.3 Å². The summed E-state index contributed by atoms with van der Waals surface area (Å²) in [6.45, 7) is 0. The number of carbonyl (C=O) groups excluding carboxylic acids is 1. The third-order valence-corrected chi connectivity index (χ3v) is 4.72. The Balaban J connectivity index is 1.44. The number of benzene rings is 1. The van der Waals surface area contributed by atoms with Crippen LogP contribution in [0.2, 0.25) is 0 Å². The SMILES string of the molecule is Nc1nnc(CC(=O)NC2CCC(Oc3cc(F)cc(F)c3)CC2)s1. The van der Waals surface area contributed by atoms with Crippen LogP contribution in [0.1, 0.15) is 30.7 Å². The van der Waals surface area contributed by atoms with Gasteiger partial charge in [-0.15, -0.1) is 10.2 Å². The van der Waals surface area contributed by atoms with Gasteiger partial charge in [0.05, 0.1) is 12.5 Å². The van der Waals surface area contributed by atoms with Gasteiger partial charge in [-0.05, 0) is 25.7 Å². The first-order chi connectivity index (χ1) is 12.0. The van der Waals surface area contributed by atoms with E-state index in [1.807, 2.05) is 0 Å². The minimum Gasteiger partial charge on any atom is -0.490 e. The van der Waals surface area contributed by atoms with Crippen LogP contribution in [0.4, 0.5) is 13.9 Å². The molecule has 1 heterocycles. The van der Waals surface area contributed by atoms with Gasteiger partial charge in [0.25, 0.3) is 0 Å². The highest BCUT2D eigenvalue weighted by atomic mass is 32.1. The molecule has 6 nitrogen and oxygen atoms in total. The molecule has 1 fully saturated rings. The van der Waals surface area contributed by atoms with Crippen molar-refractivity contribution in [1.29, 1.82) is 0 Å². The van der Waals surface area contributed by atoms with E-state index in [0.29, 0.717) is 23.0 Å². The van der Waals surface area contributed by atoms with E-state index in [-0.39, 0.29) is 30.2 Å². The van der Waals surface area contributed by atoms with Gasteiger partial charge >= 0.3 is 0 Å². The lowest BCUT2D eigenvalue weighted by molar-refractivity contribution is -0.121. The minimum absolute atomic E-state index is 0.0573. The lowest BCUT2D eigenvalue weighted by Gasteiger charge is -2.29. The maximum atomic E-state index is 13.2. The van der Waals surface area contributed by atoms with Crippen LogP contribution in [0.5, 0.6) is 5.75 Å². The molecule has 2 aromatic rings. The van der Waals surface area contributed by atoms with Gasteiger partial charge in [0.15, 0.2) is 0 Å². The Bertz CT molecular complexity index is 727. The van der Waals surface area contributed by atoms with Crippen molar-refractivity contribution >= 4 is 22.4 Å². The standard InChI is InChI=1S/C16H18F2N4O2S/c17-9-5-10(18)7-13(6-9)24-12-3-1-11(2-4-12)20-14(23)8-15-21-22-16(19)25-15/h5-7,11-12H,1-4,8H2,(H2,19,22)(H,20,23). The topological polar surface area (TPSA) is 90.1 Å². The molecule has 134 valence electrons. The zero-order valence-electron chi connectivity index (χ0n) is 13.4. The third-order valence-electron chi connectivity index (χ3n) is 3.97. The van der Waals surface area contributed by atoms with E-state index in [2.05, 4.69) is 15.5 Å². The van der Waals surface area contributed by atoms with Crippen LogP contribution < -0.4 is 15.8 Å². The van der Waals surface area contributed by atoms with E-state index >= 15 is 0 Å². The Morgan fingerprint density at radius 2 is 1.88 bits per heavy atom. The molecular formula is C16H18F2N4O2S. The first-order valence-electron chi connectivity index (χ1n) is 7.98. The summed E-state index contributed by atoms with van der Waals surface area (Å²) in [7, 11) is 0. The summed E-state index contributed by atoms with van der Waals surface area (Å²) >= 11 is 1.20. The van der Waals surface area contributed by atoms with Crippen LogP contribution in [0.15, 0.2) is 18.2 Å². The summed E-state index contributed by atoms with van der Waals surface area (Å²) < 4.78 is 32.0. The van der Waals surface area contributed by atoms with Crippen molar-refractivity contribution < 1.29 is 18.3 Å². The molecule has 0 saturated heterocycles. The van der Waals surface area contributed by atoms with Crippen molar-refractivity contribution in [2.75, 3.05) is 5.73 Å². The average Bonchev–Trinajstić information content (AvgIpc) is 2.93. The average molecular weight is 368 g/mol. The number of aromatic nitrogens is 2. The van der Waals surface area contributed by atoms with Crippen molar-refractivity contribution in [1.82, 2.24) is 15.5 Å². The second-order valence-corrected chi connectivity index (χ2v) is 7.07. The van der Waals surface area contributed by atoms with Crippen LogP contribution in [0.3, 0.4) is 0 Å². The Labute approximate surface area is 147 Å². The first-order valence-corrected chi connectivity index (χ1v) is 8.79. The molecule has 9 heteroatoms. The number of hydrogen-bond donors (Lipinski definition) is 2. The first kappa shape index (κ1) is 17.5. The predicted octanol–water partition coefficient (Wildman–Crippen LogP) is 2.45. The summed E-state index contributed by atoms with van der Waals surface area (Å²) in [6, 6.07) is 3.21. The summed E-state index contributed by atoms with van der Waals surface area (Å²) in [4.78, 5) is 12.0. The number of nitrogens with zero attached hydrogens (tertiary/aromatic N) is 2. The van der Waals surface area contributed by atoms with Gasteiger partial charge in [-0.1, -0.05) is 11.3 Å². The van der Waals surface area contributed by atoms with E-state index in [0.717, 1.165) is 18.9 Å². The zero-order chi connectivity index (χ0) is 17.8. The predicted molar refractivity (Wildman–Crippen MR) is 89.2 cm³/mol. The van der Waals surface area contributed by atoms with E-state index in [1.54, 1.807) is 0 Å². The van der Waals surface area contributed by atoms with Gasteiger partial charge in [-0.2, -0.15) is 0 Å². The van der Waals surface area contributed by atoms with Crippen molar-refractivity contribution in [2.24, 2.45) is 0 Å².